The highest BCUT2D eigenvalue weighted by molar-refractivity contribution is 8.00. The Bertz CT molecular complexity index is 1520. The first-order valence-electron chi connectivity index (χ1n) is 15.0. The lowest BCUT2D eigenvalue weighted by Crippen LogP contribution is -2.53. The summed E-state index contributed by atoms with van der Waals surface area (Å²) in [4.78, 5) is 57.8. The van der Waals surface area contributed by atoms with Crippen molar-refractivity contribution in [2.24, 2.45) is 0 Å². The smallest absolute Gasteiger partial charge is 0.408 e. The van der Waals surface area contributed by atoms with E-state index in [1.54, 1.807) is 20.8 Å². The van der Waals surface area contributed by atoms with Crippen LogP contribution in [-0.4, -0.2) is 68.9 Å². The van der Waals surface area contributed by atoms with E-state index in [4.69, 9.17) is 4.74 Å². The number of amides is 3. The molecule has 0 unspecified atom stereocenters. The molecule has 3 aromatic carbocycles. The van der Waals surface area contributed by atoms with E-state index in [0.29, 0.717) is 5.69 Å². The molecule has 3 amide bonds. The van der Waals surface area contributed by atoms with Gasteiger partial charge in [-0.1, -0.05) is 91.0 Å². The molecular weight excluding hydrogens is 618 g/mol. The lowest BCUT2D eigenvalue weighted by Gasteiger charge is -2.36. The second-order valence-corrected chi connectivity index (χ2v) is 13.0. The largest absolute Gasteiger partial charge is 0.480 e. The molecule has 11 nitrogen and oxygen atoms in total. The highest BCUT2D eigenvalue weighted by Crippen LogP contribution is 2.48. The van der Waals surface area contributed by atoms with Crippen LogP contribution < -0.4 is 16.0 Å². The Morgan fingerprint density at radius 3 is 1.81 bits per heavy atom. The average Bonchev–Trinajstić information content (AvgIpc) is 3.57. The van der Waals surface area contributed by atoms with Crippen LogP contribution in [0, 0.1) is 0 Å². The highest BCUT2D eigenvalue weighted by Gasteiger charge is 2.39. The molecule has 4 rings (SSSR count). The summed E-state index contributed by atoms with van der Waals surface area (Å²) in [6.07, 6.45) is 2.07. The van der Waals surface area contributed by atoms with Crippen molar-refractivity contribution in [1.29, 1.82) is 0 Å². The predicted octanol–water partition coefficient (Wildman–Crippen LogP) is 4.26. The third-order valence-corrected chi connectivity index (χ3v) is 8.69. The summed E-state index contributed by atoms with van der Waals surface area (Å²) in [5.74, 6) is -2.49. The molecule has 1 aromatic heterocycles. The monoisotopic (exact) mass is 657 g/mol. The van der Waals surface area contributed by atoms with Crippen molar-refractivity contribution in [3.63, 3.8) is 0 Å². The number of nitrogens with zero attached hydrogens (tertiary/aromatic N) is 1. The molecule has 4 aromatic rings. The van der Waals surface area contributed by atoms with Gasteiger partial charge in [-0.05, 0) is 37.5 Å². The number of thioether (sulfide) groups is 1. The quantitative estimate of drug-likeness (QED) is 0.126. The van der Waals surface area contributed by atoms with E-state index < -0.39 is 52.9 Å². The average molecular weight is 658 g/mol. The minimum absolute atomic E-state index is 0.0188. The van der Waals surface area contributed by atoms with Gasteiger partial charge in [-0.25, -0.2) is 14.6 Å². The maximum atomic E-state index is 13.6. The van der Waals surface area contributed by atoms with Gasteiger partial charge in [-0.2, -0.15) is 0 Å². The molecule has 0 radical (unpaired) electrons. The summed E-state index contributed by atoms with van der Waals surface area (Å²) >= 11 is 1.46. The summed E-state index contributed by atoms with van der Waals surface area (Å²) in [6.45, 7) is 4.64. The van der Waals surface area contributed by atoms with Gasteiger partial charge in [0.15, 0.2) is 0 Å². The fraction of sp³-hybridized carbons (Fsp3) is 0.286. The SMILES string of the molecule is CC(C)(C)OC(=O)N[C@@H](CSC(c1ccccc1)(c1ccccc1)c1ccccc1)C(=O)NCC(=O)N[C@@H](Cc1cnc[nH]1)C(=O)O. The van der Waals surface area contributed by atoms with Crippen molar-refractivity contribution in [3.05, 3.63) is 126 Å². The number of aromatic amines is 1. The van der Waals surface area contributed by atoms with Crippen LogP contribution >= 0.6 is 11.8 Å². The molecule has 0 aliphatic carbocycles. The first kappa shape index (κ1) is 34.8. The summed E-state index contributed by atoms with van der Waals surface area (Å²) < 4.78 is 4.69. The third-order valence-electron chi connectivity index (χ3n) is 7.05. The number of benzene rings is 3. The minimum Gasteiger partial charge on any atom is -0.480 e. The van der Waals surface area contributed by atoms with Gasteiger partial charge in [-0.15, -0.1) is 11.8 Å². The van der Waals surface area contributed by atoms with Gasteiger partial charge in [0, 0.05) is 24.1 Å². The summed E-state index contributed by atoms with van der Waals surface area (Å²) in [5.41, 5.74) is 2.61. The second-order valence-electron chi connectivity index (χ2n) is 11.7. The normalized spacial score (nSPS) is 12.7. The Morgan fingerprint density at radius 2 is 1.36 bits per heavy atom. The standard InChI is InChI=1S/C35H39N5O6S/c1-34(2,3)46-33(45)40-29(31(42)37-21-30(41)39-28(32(43)44)19-27-20-36-23-38-27)22-47-35(24-13-7-4-8-14-24,25-15-9-5-10-16-25)26-17-11-6-12-18-26/h4-18,20,23,28-29H,19,21-22H2,1-3H3,(H,36,38)(H,37,42)(H,39,41)(H,40,45)(H,43,44)/t28-,29-/m0/s1. The van der Waals surface area contributed by atoms with E-state index in [1.165, 1.54) is 24.3 Å². The van der Waals surface area contributed by atoms with E-state index in [9.17, 15) is 24.3 Å². The number of nitrogens with one attached hydrogen (secondary N) is 4. The Hall–Kier alpha value is -5.10. The predicted molar refractivity (Wildman–Crippen MR) is 180 cm³/mol. The molecule has 0 bridgehead atoms. The van der Waals surface area contributed by atoms with Crippen molar-refractivity contribution in [2.45, 2.75) is 49.6 Å². The fourth-order valence-corrected chi connectivity index (χ4v) is 6.52. The zero-order valence-electron chi connectivity index (χ0n) is 26.4. The van der Waals surface area contributed by atoms with Gasteiger partial charge in [0.05, 0.1) is 17.6 Å². The molecule has 0 spiro atoms. The van der Waals surface area contributed by atoms with Gasteiger partial charge in [0.1, 0.15) is 17.7 Å². The van der Waals surface area contributed by atoms with Gasteiger partial charge in [0.25, 0.3) is 0 Å². The number of imidazole rings is 1. The molecule has 0 saturated carbocycles. The molecule has 0 aliphatic rings. The number of aromatic nitrogens is 2. The Labute approximate surface area is 277 Å². The molecule has 246 valence electrons. The van der Waals surface area contributed by atoms with Crippen molar-refractivity contribution in [2.75, 3.05) is 12.3 Å². The van der Waals surface area contributed by atoms with E-state index >= 15 is 0 Å². The van der Waals surface area contributed by atoms with Gasteiger partial charge in [-0.3, -0.25) is 9.59 Å². The number of hydrogen-bond acceptors (Lipinski definition) is 7. The Morgan fingerprint density at radius 1 is 0.830 bits per heavy atom. The fourth-order valence-electron chi connectivity index (χ4n) is 4.96. The molecule has 0 aliphatic heterocycles. The van der Waals surface area contributed by atoms with Crippen molar-refractivity contribution in [3.8, 4) is 0 Å². The molecule has 5 N–H and O–H groups in total. The maximum absolute atomic E-state index is 13.6. The van der Waals surface area contributed by atoms with E-state index in [-0.39, 0.29) is 12.2 Å². The molecule has 1 heterocycles. The van der Waals surface area contributed by atoms with Crippen LogP contribution in [0.1, 0.15) is 43.2 Å². The van der Waals surface area contributed by atoms with E-state index in [2.05, 4.69) is 25.9 Å². The number of H-pyrrole nitrogens is 1. The number of carbonyl (C=O) groups excluding carboxylic acids is 3. The van der Waals surface area contributed by atoms with Crippen LogP contribution in [0.3, 0.4) is 0 Å². The lowest BCUT2D eigenvalue weighted by atomic mass is 9.84. The summed E-state index contributed by atoms with van der Waals surface area (Å²) in [6, 6.07) is 27.3. The number of rotatable bonds is 14. The topological polar surface area (TPSA) is 163 Å². The molecule has 2 atom stereocenters. The van der Waals surface area contributed by atoms with Crippen molar-refractivity contribution >= 4 is 35.6 Å². The van der Waals surface area contributed by atoms with Crippen LogP contribution in [0.25, 0.3) is 0 Å². The van der Waals surface area contributed by atoms with Crippen LogP contribution in [0.2, 0.25) is 0 Å². The van der Waals surface area contributed by atoms with E-state index in [1.807, 2.05) is 91.0 Å². The summed E-state index contributed by atoms with van der Waals surface area (Å²) in [5, 5.41) is 17.3. The van der Waals surface area contributed by atoms with Crippen LogP contribution in [0.4, 0.5) is 4.79 Å². The maximum Gasteiger partial charge on any atom is 0.408 e. The van der Waals surface area contributed by atoms with Crippen LogP contribution in [0.15, 0.2) is 104 Å². The number of hydrogen-bond donors (Lipinski definition) is 5. The number of carboxylic acid groups (broad SMARTS) is 1. The van der Waals surface area contributed by atoms with Gasteiger partial charge in [0.2, 0.25) is 11.8 Å². The number of ether oxygens (including phenoxy) is 1. The van der Waals surface area contributed by atoms with Crippen molar-refractivity contribution in [1.82, 2.24) is 25.9 Å². The van der Waals surface area contributed by atoms with Crippen LogP contribution in [0.5, 0.6) is 0 Å². The molecule has 0 saturated heterocycles. The Balaban J connectivity index is 1.59. The molecular formula is C35H39N5O6S. The second kappa shape index (κ2) is 15.9. The highest BCUT2D eigenvalue weighted by atomic mass is 32.2. The first-order chi connectivity index (χ1) is 22.5. The first-order valence-corrected chi connectivity index (χ1v) is 16.0. The number of carbonyl (C=O) groups is 4. The van der Waals surface area contributed by atoms with Crippen LogP contribution in [-0.2, 0) is 30.3 Å². The molecule has 0 fully saturated rings. The number of carboxylic acids is 1. The van der Waals surface area contributed by atoms with Crippen molar-refractivity contribution < 1.29 is 29.0 Å². The third kappa shape index (κ3) is 9.69. The zero-order chi connectivity index (χ0) is 33.9. The minimum atomic E-state index is -1.24. The molecule has 47 heavy (non-hydrogen) atoms. The van der Waals surface area contributed by atoms with Gasteiger partial charge < -0.3 is 30.8 Å². The number of aliphatic carboxylic acids is 1. The van der Waals surface area contributed by atoms with Gasteiger partial charge >= 0.3 is 12.1 Å². The zero-order valence-corrected chi connectivity index (χ0v) is 27.3. The Kier molecular flexibility index (Phi) is 11.8. The lowest BCUT2D eigenvalue weighted by molar-refractivity contribution is -0.141. The summed E-state index contributed by atoms with van der Waals surface area (Å²) in [7, 11) is 0. The number of alkyl carbamates (subject to hydrolysis) is 1. The van der Waals surface area contributed by atoms with E-state index in [0.717, 1.165) is 16.7 Å². The molecule has 12 heteroatoms.